The van der Waals surface area contributed by atoms with Crippen LogP contribution in [0.3, 0.4) is 0 Å². The summed E-state index contributed by atoms with van der Waals surface area (Å²) in [6.07, 6.45) is -2.84. The van der Waals surface area contributed by atoms with Crippen LogP contribution < -0.4 is 10.6 Å². The second-order valence-electron chi connectivity index (χ2n) is 8.08. The smallest absolute Gasteiger partial charge is 0.379 e. The van der Waals surface area contributed by atoms with E-state index in [1.54, 1.807) is 0 Å². The minimum atomic E-state index is -4.86. The van der Waals surface area contributed by atoms with E-state index in [9.17, 15) is 18.3 Å². The molecule has 0 bridgehead atoms. The van der Waals surface area contributed by atoms with Crippen molar-refractivity contribution in [3.63, 3.8) is 0 Å². The Morgan fingerprint density at radius 1 is 1.29 bits per heavy atom. The van der Waals surface area contributed by atoms with Gasteiger partial charge in [0.25, 0.3) is 0 Å². The van der Waals surface area contributed by atoms with E-state index in [2.05, 4.69) is 39.4 Å². The van der Waals surface area contributed by atoms with Crippen molar-refractivity contribution >= 4 is 5.96 Å². The molecule has 0 spiro atoms. The summed E-state index contributed by atoms with van der Waals surface area (Å²) in [5.74, 6) is 0.352. The molecule has 0 aliphatic carbocycles. The van der Waals surface area contributed by atoms with Gasteiger partial charge in [-0.2, -0.15) is 13.2 Å². The van der Waals surface area contributed by atoms with Crippen LogP contribution in [-0.2, 0) is 17.4 Å². The standard InChI is InChI=1S/C20H35F3N6O2/c1-5-24-18(27-14-16(15(2)3)29-10-12-31-13-11-29)26-7-6-19(30,20(21,22)23)17-25-8-9-28(17)4/h8-9,15-16,30H,5-7,10-14H2,1-4H3,(H2,24,26,27). The highest BCUT2D eigenvalue weighted by Crippen LogP contribution is 2.40. The van der Waals surface area contributed by atoms with Crippen LogP contribution in [0.2, 0.25) is 0 Å². The number of nitrogens with zero attached hydrogens (tertiary/aromatic N) is 4. The van der Waals surface area contributed by atoms with Gasteiger partial charge in [-0.3, -0.25) is 9.89 Å². The molecule has 2 heterocycles. The number of nitrogens with one attached hydrogen (secondary N) is 2. The Morgan fingerprint density at radius 2 is 1.97 bits per heavy atom. The quantitative estimate of drug-likeness (QED) is 0.392. The largest absolute Gasteiger partial charge is 0.424 e. The monoisotopic (exact) mass is 448 g/mol. The highest BCUT2D eigenvalue weighted by Gasteiger charge is 2.57. The van der Waals surface area contributed by atoms with Crippen LogP contribution in [0.1, 0.15) is 33.0 Å². The zero-order chi connectivity index (χ0) is 23.1. The molecule has 2 rings (SSSR count). The minimum Gasteiger partial charge on any atom is -0.379 e. The summed E-state index contributed by atoms with van der Waals surface area (Å²) >= 11 is 0. The van der Waals surface area contributed by atoms with Crippen LogP contribution in [-0.4, -0.2) is 83.7 Å². The number of hydrogen-bond donors (Lipinski definition) is 3. The summed E-state index contributed by atoms with van der Waals surface area (Å²) in [4.78, 5) is 10.7. The molecule has 1 aromatic heterocycles. The lowest BCUT2D eigenvalue weighted by Gasteiger charge is -2.36. The van der Waals surface area contributed by atoms with E-state index in [0.717, 1.165) is 13.1 Å². The Hall–Kier alpha value is -1.85. The number of halogens is 3. The van der Waals surface area contributed by atoms with E-state index in [1.165, 1.54) is 24.0 Å². The fraction of sp³-hybridized carbons (Fsp3) is 0.800. The average molecular weight is 449 g/mol. The van der Waals surface area contributed by atoms with Gasteiger partial charge in [0.2, 0.25) is 5.60 Å². The molecule has 0 amide bonds. The normalized spacial score (nSPS) is 19.3. The van der Waals surface area contributed by atoms with Gasteiger partial charge in [-0.15, -0.1) is 0 Å². The summed E-state index contributed by atoms with van der Waals surface area (Å²) in [6.45, 7) is 10.2. The number of morpholine rings is 1. The number of guanidine groups is 1. The molecule has 1 fully saturated rings. The number of aliphatic hydroxyl groups is 1. The molecule has 31 heavy (non-hydrogen) atoms. The van der Waals surface area contributed by atoms with Crippen molar-refractivity contribution in [2.45, 2.75) is 45.0 Å². The molecule has 1 aliphatic rings. The number of aliphatic imine (C=N–C) groups is 1. The Bertz CT molecular complexity index is 703. The molecule has 3 N–H and O–H groups in total. The number of hydrogen-bond acceptors (Lipinski definition) is 5. The van der Waals surface area contributed by atoms with Gasteiger partial charge >= 0.3 is 6.18 Å². The summed E-state index contributed by atoms with van der Waals surface area (Å²) < 4.78 is 47.6. The van der Waals surface area contributed by atoms with Gasteiger partial charge in [0, 0.05) is 58.1 Å². The van der Waals surface area contributed by atoms with E-state index in [-0.39, 0.29) is 12.6 Å². The van der Waals surface area contributed by atoms with Crippen molar-refractivity contribution in [1.29, 1.82) is 0 Å². The average Bonchev–Trinajstić information content (AvgIpc) is 3.14. The third-order valence-electron chi connectivity index (χ3n) is 5.50. The number of aryl methyl sites for hydroxylation is 1. The minimum absolute atomic E-state index is 0.126. The highest BCUT2D eigenvalue weighted by atomic mass is 19.4. The number of ether oxygens (including phenoxy) is 1. The summed E-state index contributed by atoms with van der Waals surface area (Å²) in [5, 5.41) is 16.5. The fourth-order valence-corrected chi connectivity index (χ4v) is 3.69. The summed E-state index contributed by atoms with van der Waals surface area (Å²) in [6, 6.07) is 0.207. The first kappa shape index (κ1) is 25.4. The lowest BCUT2D eigenvalue weighted by Crippen LogP contribution is -2.49. The summed E-state index contributed by atoms with van der Waals surface area (Å²) in [5.41, 5.74) is -3.05. The van der Waals surface area contributed by atoms with E-state index in [4.69, 9.17) is 4.74 Å². The molecule has 0 radical (unpaired) electrons. The molecule has 8 nitrogen and oxygen atoms in total. The molecule has 1 aromatic rings. The molecule has 0 saturated carbocycles. The van der Waals surface area contributed by atoms with Crippen LogP contribution in [0.4, 0.5) is 13.2 Å². The van der Waals surface area contributed by atoms with E-state index in [1.807, 2.05) is 6.92 Å². The second-order valence-corrected chi connectivity index (χ2v) is 8.08. The Morgan fingerprint density at radius 3 is 2.48 bits per heavy atom. The molecule has 1 saturated heterocycles. The van der Waals surface area contributed by atoms with Crippen molar-refractivity contribution in [3.8, 4) is 0 Å². The zero-order valence-electron chi connectivity index (χ0n) is 18.7. The van der Waals surface area contributed by atoms with Gasteiger partial charge in [0.15, 0.2) is 5.96 Å². The third-order valence-corrected chi connectivity index (χ3v) is 5.50. The molecular formula is C20H35F3N6O2. The third kappa shape index (κ3) is 6.56. The number of alkyl halides is 3. The lowest BCUT2D eigenvalue weighted by molar-refractivity contribution is -0.272. The van der Waals surface area contributed by atoms with Crippen molar-refractivity contribution in [2.24, 2.45) is 18.0 Å². The van der Waals surface area contributed by atoms with Gasteiger partial charge in [0.1, 0.15) is 5.82 Å². The van der Waals surface area contributed by atoms with Crippen LogP contribution in [0.5, 0.6) is 0 Å². The molecule has 0 aromatic carbocycles. The van der Waals surface area contributed by atoms with Crippen LogP contribution in [0.15, 0.2) is 17.4 Å². The maximum atomic E-state index is 13.7. The fourth-order valence-electron chi connectivity index (χ4n) is 3.69. The second kappa shape index (κ2) is 11.1. The van der Waals surface area contributed by atoms with Gasteiger partial charge in [0.05, 0.1) is 19.8 Å². The van der Waals surface area contributed by atoms with Crippen molar-refractivity contribution in [3.05, 3.63) is 18.2 Å². The number of rotatable bonds is 9. The predicted octanol–water partition coefficient (Wildman–Crippen LogP) is 1.47. The highest BCUT2D eigenvalue weighted by molar-refractivity contribution is 5.79. The van der Waals surface area contributed by atoms with Gasteiger partial charge in [-0.05, 0) is 12.8 Å². The van der Waals surface area contributed by atoms with Gasteiger partial charge < -0.3 is 25.0 Å². The Kier molecular flexibility index (Phi) is 9.14. The van der Waals surface area contributed by atoms with Gasteiger partial charge in [-0.25, -0.2) is 4.98 Å². The maximum absolute atomic E-state index is 13.7. The first-order valence-corrected chi connectivity index (χ1v) is 10.7. The predicted molar refractivity (Wildman–Crippen MR) is 113 cm³/mol. The topological polar surface area (TPSA) is 86.9 Å². The van der Waals surface area contributed by atoms with Crippen molar-refractivity contribution in [2.75, 3.05) is 45.9 Å². The lowest BCUT2D eigenvalue weighted by atomic mass is 9.97. The number of aromatic nitrogens is 2. The molecule has 2 atom stereocenters. The summed E-state index contributed by atoms with van der Waals surface area (Å²) in [7, 11) is 1.43. The van der Waals surface area contributed by atoms with Crippen LogP contribution in [0, 0.1) is 5.92 Å². The van der Waals surface area contributed by atoms with E-state index >= 15 is 0 Å². The SMILES string of the molecule is CCNC(=NCC(C(C)C)N1CCOCC1)NCCC(O)(c1nccn1C)C(F)(F)F. The molecule has 2 unspecified atom stereocenters. The zero-order valence-corrected chi connectivity index (χ0v) is 18.7. The van der Waals surface area contributed by atoms with E-state index < -0.39 is 24.0 Å². The molecule has 1 aliphatic heterocycles. The molecular weight excluding hydrogens is 413 g/mol. The molecule has 178 valence electrons. The Labute approximate surface area is 181 Å². The van der Waals surface area contributed by atoms with Crippen LogP contribution >= 0.6 is 0 Å². The number of imidazole rings is 1. The first-order valence-electron chi connectivity index (χ1n) is 10.7. The van der Waals surface area contributed by atoms with Gasteiger partial charge in [-0.1, -0.05) is 13.8 Å². The van der Waals surface area contributed by atoms with E-state index in [0.29, 0.717) is 38.2 Å². The Balaban J connectivity index is 2.05. The van der Waals surface area contributed by atoms with Crippen molar-refractivity contribution in [1.82, 2.24) is 25.1 Å². The molecule has 11 heteroatoms. The van der Waals surface area contributed by atoms with Crippen molar-refractivity contribution < 1.29 is 23.0 Å². The maximum Gasteiger partial charge on any atom is 0.424 e. The van der Waals surface area contributed by atoms with Crippen LogP contribution in [0.25, 0.3) is 0 Å². The first-order chi connectivity index (χ1) is 14.6.